The number of pyridine rings is 1. The van der Waals surface area contributed by atoms with Crippen molar-refractivity contribution < 1.29 is 14.0 Å². The molecular weight excluding hydrogens is 323 g/mol. The highest BCUT2D eigenvalue weighted by Gasteiger charge is 2.30. The molecule has 130 valence electrons. The van der Waals surface area contributed by atoms with Gasteiger partial charge in [-0.05, 0) is 42.7 Å². The van der Waals surface area contributed by atoms with Gasteiger partial charge >= 0.3 is 6.03 Å². The summed E-state index contributed by atoms with van der Waals surface area (Å²) in [5.41, 5.74) is 1.38. The summed E-state index contributed by atoms with van der Waals surface area (Å²) < 4.78 is 13.4. The minimum atomic E-state index is -0.620. The van der Waals surface area contributed by atoms with E-state index < -0.39 is 17.9 Å². The van der Waals surface area contributed by atoms with Crippen LogP contribution < -0.4 is 15.5 Å². The number of rotatable bonds is 4. The zero-order valence-electron chi connectivity index (χ0n) is 13.6. The summed E-state index contributed by atoms with van der Waals surface area (Å²) in [6.45, 7) is 0.839. The van der Waals surface area contributed by atoms with Gasteiger partial charge in [0.1, 0.15) is 11.9 Å². The molecule has 1 atom stereocenters. The molecule has 0 aliphatic carbocycles. The van der Waals surface area contributed by atoms with Crippen molar-refractivity contribution in [1.82, 2.24) is 15.6 Å². The minimum Gasteiger partial charge on any atom is -0.334 e. The smallest absolute Gasteiger partial charge is 0.315 e. The molecule has 1 fully saturated rings. The van der Waals surface area contributed by atoms with Gasteiger partial charge in [-0.15, -0.1) is 0 Å². The van der Waals surface area contributed by atoms with Gasteiger partial charge in [-0.2, -0.15) is 0 Å². The minimum absolute atomic E-state index is 0.228. The van der Waals surface area contributed by atoms with Crippen molar-refractivity contribution in [1.29, 1.82) is 0 Å². The molecule has 3 rings (SSSR count). The maximum Gasteiger partial charge on any atom is 0.315 e. The fourth-order valence-electron chi connectivity index (χ4n) is 2.80. The topological polar surface area (TPSA) is 74.3 Å². The van der Waals surface area contributed by atoms with Crippen LogP contribution in [0.5, 0.6) is 0 Å². The fourth-order valence-corrected chi connectivity index (χ4v) is 2.80. The van der Waals surface area contributed by atoms with E-state index in [2.05, 4.69) is 15.6 Å². The van der Waals surface area contributed by atoms with Crippen LogP contribution >= 0.6 is 0 Å². The van der Waals surface area contributed by atoms with Gasteiger partial charge in [0.05, 0.1) is 0 Å². The lowest BCUT2D eigenvalue weighted by molar-refractivity contribution is -0.121. The fraction of sp³-hybridized carbons (Fsp3) is 0.278. The number of anilines is 1. The molecule has 1 saturated heterocycles. The van der Waals surface area contributed by atoms with Gasteiger partial charge in [-0.1, -0.05) is 12.1 Å². The molecule has 0 saturated carbocycles. The first-order valence-corrected chi connectivity index (χ1v) is 8.14. The molecule has 0 radical (unpaired) electrons. The first kappa shape index (κ1) is 16.9. The van der Waals surface area contributed by atoms with E-state index in [1.165, 1.54) is 17.0 Å². The Morgan fingerprint density at radius 3 is 2.96 bits per heavy atom. The van der Waals surface area contributed by atoms with Crippen LogP contribution in [0.25, 0.3) is 0 Å². The summed E-state index contributed by atoms with van der Waals surface area (Å²) in [5.74, 6) is -0.622. The van der Waals surface area contributed by atoms with E-state index in [0.717, 1.165) is 12.0 Å². The molecule has 2 heterocycles. The Morgan fingerprint density at radius 2 is 2.20 bits per heavy atom. The van der Waals surface area contributed by atoms with Crippen LogP contribution in [0.4, 0.5) is 14.9 Å². The van der Waals surface area contributed by atoms with Crippen molar-refractivity contribution in [2.24, 2.45) is 0 Å². The van der Waals surface area contributed by atoms with Gasteiger partial charge in [-0.25, -0.2) is 9.18 Å². The number of piperidine rings is 1. The van der Waals surface area contributed by atoms with E-state index in [-0.39, 0.29) is 5.91 Å². The highest BCUT2D eigenvalue weighted by Crippen LogP contribution is 2.21. The Labute approximate surface area is 145 Å². The summed E-state index contributed by atoms with van der Waals surface area (Å²) in [4.78, 5) is 30.1. The van der Waals surface area contributed by atoms with E-state index in [1.54, 1.807) is 30.6 Å². The second-order valence-electron chi connectivity index (χ2n) is 5.85. The Balaban J connectivity index is 1.58. The van der Waals surface area contributed by atoms with Crippen LogP contribution in [0.2, 0.25) is 0 Å². The van der Waals surface area contributed by atoms with Crippen molar-refractivity contribution in [3.63, 3.8) is 0 Å². The van der Waals surface area contributed by atoms with Gasteiger partial charge < -0.3 is 15.5 Å². The van der Waals surface area contributed by atoms with Crippen LogP contribution in [-0.2, 0) is 11.3 Å². The lowest BCUT2D eigenvalue weighted by atomic mass is 10.0. The first-order chi connectivity index (χ1) is 12.1. The Hall–Kier alpha value is -2.96. The molecule has 7 heteroatoms. The van der Waals surface area contributed by atoms with E-state index >= 15 is 0 Å². The Kier molecular flexibility index (Phi) is 5.23. The van der Waals surface area contributed by atoms with Gasteiger partial charge in [0.15, 0.2) is 0 Å². The molecule has 2 N–H and O–H groups in total. The number of aromatic nitrogens is 1. The number of nitrogens with zero attached hydrogens (tertiary/aromatic N) is 2. The van der Waals surface area contributed by atoms with Crippen molar-refractivity contribution in [2.75, 3.05) is 11.4 Å². The standard InChI is InChI=1S/C18H19FN4O2/c19-14-5-1-6-15(10-14)23-9-3-7-16(17(23)24)22-18(25)21-12-13-4-2-8-20-11-13/h1-2,4-6,8,10-11,16H,3,7,9,12H2,(H2,21,22,25)/t16-/m0/s1. The molecule has 0 spiro atoms. The molecule has 1 aliphatic heterocycles. The van der Waals surface area contributed by atoms with Crippen LogP contribution in [0.15, 0.2) is 48.8 Å². The molecule has 25 heavy (non-hydrogen) atoms. The van der Waals surface area contributed by atoms with Crippen LogP contribution in [0.3, 0.4) is 0 Å². The normalized spacial score (nSPS) is 17.2. The monoisotopic (exact) mass is 342 g/mol. The molecule has 1 aliphatic rings. The van der Waals surface area contributed by atoms with Crippen molar-refractivity contribution >= 4 is 17.6 Å². The number of nitrogens with one attached hydrogen (secondary N) is 2. The van der Waals surface area contributed by atoms with E-state index in [4.69, 9.17) is 0 Å². The second kappa shape index (κ2) is 7.74. The van der Waals surface area contributed by atoms with Gasteiger partial charge in [0.25, 0.3) is 0 Å². The summed E-state index contributed by atoms with van der Waals surface area (Å²) in [6, 6.07) is 8.51. The molecule has 0 unspecified atom stereocenters. The largest absolute Gasteiger partial charge is 0.334 e. The lowest BCUT2D eigenvalue weighted by Gasteiger charge is -2.32. The Morgan fingerprint density at radius 1 is 1.32 bits per heavy atom. The number of benzene rings is 1. The van der Waals surface area contributed by atoms with E-state index in [0.29, 0.717) is 25.2 Å². The summed E-state index contributed by atoms with van der Waals surface area (Å²) >= 11 is 0. The van der Waals surface area contributed by atoms with Crippen LogP contribution in [0.1, 0.15) is 18.4 Å². The van der Waals surface area contributed by atoms with Crippen molar-refractivity contribution in [2.45, 2.75) is 25.4 Å². The maximum atomic E-state index is 13.4. The number of amides is 3. The van der Waals surface area contributed by atoms with Crippen LogP contribution in [0, 0.1) is 5.82 Å². The molecule has 2 aromatic rings. The Bertz CT molecular complexity index is 754. The van der Waals surface area contributed by atoms with Crippen LogP contribution in [-0.4, -0.2) is 29.5 Å². The number of urea groups is 1. The zero-order valence-corrected chi connectivity index (χ0v) is 13.6. The summed E-state index contributed by atoms with van der Waals surface area (Å²) in [6.07, 6.45) is 4.61. The summed E-state index contributed by atoms with van der Waals surface area (Å²) in [5, 5.41) is 5.41. The summed E-state index contributed by atoms with van der Waals surface area (Å²) in [7, 11) is 0. The number of hydrogen-bond acceptors (Lipinski definition) is 3. The van der Waals surface area contributed by atoms with Gasteiger partial charge in [0.2, 0.25) is 5.91 Å². The average Bonchev–Trinajstić information content (AvgIpc) is 2.63. The number of carbonyl (C=O) groups is 2. The number of carbonyl (C=O) groups excluding carboxylic acids is 2. The number of hydrogen-bond donors (Lipinski definition) is 2. The molecule has 0 bridgehead atoms. The van der Waals surface area contributed by atoms with Crippen molar-refractivity contribution in [3.05, 3.63) is 60.2 Å². The van der Waals surface area contributed by atoms with Crippen molar-refractivity contribution in [3.8, 4) is 0 Å². The van der Waals surface area contributed by atoms with Gasteiger partial charge in [0, 0.05) is 31.2 Å². The number of halogens is 1. The highest BCUT2D eigenvalue weighted by molar-refractivity contribution is 5.99. The lowest BCUT2D eigenvalue weighted by Crippen LogP contribution is -2.54. The maximum absolute atomic E-state index is 13.4. The molecule has 1 aromatic carbocycles. The van der Waals surface area contributed by atoms with E-state index in [1.807, 2.05) is 6.07 Å². The zero-order chi connectivity index (χ0) is 17.6. The molecule has 3 amide bonds. The third-order valence-electron chi connectivity index (χ3n) is 4.04. The van der Waals surface area contributed by atoms with E-state index in [9.17, 15) is 14.0 Å². The average molecular weight is 342 g/mol. The predicted octanol–water partition coefficient (Wildman–Crippen LogP) is 2.22. The third-order valence-corrected chi connectivity index (χ3v) is 4.04. The predicted molar refractivity (Wildman–Crippen MR) is 91.4 cm³/mol. The highest BCUT2D eigenvalue weighted by atomic mass is 19.1. The third kappa shape index (κ3) is 4.32. The van der Waals surface area contributed by atoms with Gasteiger partial charge in [-0.3, -0.25) is 9.78 Å². The second-order valence-corrected chi connectivity index (χ2v) is 5.85. The molecule has 6 nitrogen and oxygen atoms in total. The SMILES string of the molecule is O=C(NCc1cccnc1)N[C@H]1CCCN(c2cccc(F)c2)C1=O. The molecule has 1 aromatic heterocycles. The first-order valence-electron chi connectivity index (χ1n) is 8.14. The quantitative estimate of drug-likeness (QED) is 0.895. The molecular formula is C18H19FN4O2.